The second-order valence-corrected chi connectivity index (χ2v) is 6.57. The number of anilines is 1. The van der Waals surface area contributed by atoms with Crippen LogP contribution < -0.4 is 5.32 Å². The standard InChI is InChI=1S/C17H27N3O/c1-3-14-11-16(19-13(2)18-14)20-15-7-10-21-17(12-15)8-5-4-6-9-17/h11,15H,3-10,12H2,1-2H3,(H,18,19,20). The monoisotopic (exact) mass is 289 g/mol. The average molecular weight is 289 g/mol. The number of aromatic nitrogens is 2. The highest BCUT2D eigenvalue weighted by molar-refractivity contribution is 5.37. The van der Waals surface area contributed by atoms with Gasteiger partial charge in [0.25, 0.3) is 0 Å². The van der Waals surface area contributed by atoms with Crippen LogP contribution in [0.4, 0.5) is 5.82 Å². The molecule has 1 aromatic heterocycles. The summed E-state index contributed by atoms with van der Waals surface area (Å²) in [5.41, 5.74) is 1.26. The predicted octanol–water partition coefficient (Wildman–Crippen LogP) is 3.64. The van der Waals surface area contributed by atoms with E-state index < -0.39 is 0 Å². The number of aryl methyl sites for hydroxylation is 2. The lowest BCUT2D eigenvalue weighted by Gasteiger charge is -2.43. The summed E-state index contributed by atoms with van der Waals surface area (Å²) in [6, 6.07) is 2.58. The van der Waals surface area contributed by atoms with Crippen LogP contribution in [0, 0.1) is 6.92 Å². The Morgan fingerprint density at radius 3 is 2.86 bits per heavy atom. The zero-order valence-electron chi connectivity index (χ0n) is 13.3. The van der Waals surface area contributed by atoms with E-state index in [4.69, 9.17) is 4.74 Å². The number of nitrogens with one attached hydrogen (secondary N) is 1. The maximum absolute atomic E-state index is 6.17. The summed E-state index contributed by atoms with van der Waals surface area (Å²) in [6.45, 7) is 4.98. The first kappa shape index (κ1) is 14.8. The van der Waals surface area contributed by atoms with E-state index in [-0.39, 0.29) is 5.60 Å². The minimum absolute atomic E-state index is 0.143. The van der Waals surface area contributed by atoms with Gasteiger partial charge >= 0.3 is 0 Å². The van der Waals surface area contributed by atoms with Crippen LogP contribution >= 0.6 is 0 Å². The Morgan fingerprint density at radius 2 is 2.10 bits per heavy atom. The van der Waals surface area contributed by atoms with Gasteiger partial charge in [0.2, 0.25) is 0 Å². The predicted molar refractivity (Wildman–Crippen MR) is 84.6 cm³/mol. The summed E-state index contributed by atoms with van der Waals surface area (Å²) >= 11 is 0. The molecule has 0 aromatic carbocycles. The minimum atomic E-state index is 0.143. The minimum Gasteiger partial charge on any atom is -0.375 e. The van der Waals surface area contributed by atoms with Crippen LogP contribution in [0.15, 0.2) is 6.07 Å². The molecule has 2 fully saturated rings. The number of ether oxygens (including phenoxy) is 1. The SMILES string of the molecule is CCc1cc(NC2CCOC3(CCCCC3)C2)nc(C)n1. The smallest absolute Gasteiger partial charge is 0.130 e. The van der Waals surface area contributed by atoms with E-state index in [0.29, 0.717) is 6.04 Å². The number of hydrogen-bond acceptors (Lipinski definition) is 4. The van der Waals surface area contributed by atoms with Crippen molar-refractivity contribution in [3.05, 3.63) is 17.6 Å². The van der Waals surface area contributed by atoms with Gasteiger partial charge in [-0.3, -0.25) is 0 Å². The van der Waals surface area contributed by atoms with Crippen molar-refractivity contribution < 1.29 is 4.74 Å². The van der Waals surface area contributed by atoms with Gasteiger partial charge in [0, 0.05) is 24.4 Å². The van der Waals surface area contributed by atoms with Crippen molar-refractivity contribution in [1.29, 1.82) is 0 Å². The lowest BCUT2D eigenvalue weighted by molar-refractivity contribution is -0.103. The molecule has 3 rings (SSSR count). The average Bonchev–Trinajstić information content (AvgIpc) is 2.47. The Morgan fingerprint density at radius 1 is 1.29 bits per heavy atom. The van der Waals surface area contributed by atoms with Gasteiger partial charge in [0.1, 0.15) is 11.6 Å². The highest BCUT2D eigenvalue weighted by atomic mass is 16.5. The first-order valence-corrected chi connectivity index (χ1v) is 8.44. The van der Waals surface area contributed by atoms with Crippen LogP contribution in [0.3, 0.4) is 0 Å². The van der Waals surface area contributed by atoms with Gasteiger partial charge in [-0.1, -0.05) is 26.2 Å². The van der Waals surface area contributed by atoms with Crippen LogP contribution in [0.25, 0.3) is 0 Å². The fraction of sp³-hybridized carbons (Fsp3) is 0.765. The molecular weight excluding hydrogens is 262 g/mol. The van der Waals surface area contributed by atoms with Gasteiger partial charge in [-0.15, -0.1) is 0 Å². The third-order valence-electron chi connectivity index (χ3n) is 4.86. The molecule has 1 atom stereocenters. The molecule has 1 aromatic rings. The van der Waals surface area contributed by atoms with E-state index in [0.717, 1.165) is 43.2 Å². The highest BCUT2D eigenvalue weighted by Gasteiger charge is 2.38. The molecule has 1 N–H and O–H groups in total. The zero-order valence-corrected chi connectivity index (χ0v) is 13.3. The lowest BCUT2D eigenvalue weighted by atomic mass is 9.78. The van der Waals surface area contributed by atoms with Crippen LogP contribution in [-0.4, -0.2) is 28.2 Å². The summed E-state index contributed by atoms with van der Waals surface area (Å²) in [5, 5.41) is 3.64. The van der Waals surface area contributed by atoms with E-state index in [1.807, 2.05) is 6.92 Å². The molecule has 1 spiro atoms. The van der Waals surface area contributed by atoms with E-state index in [2.05, 4.69) is 28.3 Å². The molecule has 1 aliphatic carbocycles. The van der Waals surface area contributed by atoms with Gasteiger partial charge < -0.3 is 10.1 Å². The second-order valence-electron chi connectivity index (χ2n) is 6.57. The van der Waals surface area contributed by atoms with Crippen LogP contribution in [-0.2, 0) is 11.2 Å². The van der Waals surface area contributed by atoms with Gasteiger partial charge in [0.15, 0.2) is 0 Å². The maximum Gasteiger partial charge on any atom is 0.130 e. The Balaban J connectivity index is 1.68. The Labute approximate surface area is 127 Å². The molecule has 1 aliphatic heterocycles. The van der Waals surface area contributed by atoms with Crippen molar-refractivity contribution >= 4 is 5.82 Å². The quantitative estimate of drug-likeness (QED) is 0.923. The molecule has 2 aliphatic rings. The number of hydrogen-bond donors (Lipinski definition) is 1. The summed E-state index contributed by atoms with van der Waals surface area (Å²) in [7, 11) is 0. The molecule has 1 saturated heterocycles. The molecule has 0 amide bonds. The number of rotatable bonds is 3. The lowest BCUT2D eigenvalue weighted by Crippen LogP contribution is -2.45. The fourth-order valence-corrected chi connectivity index (χ4v) is 3.79. The third-order valence-corrected chi connectivity index (χ3v) is 4.86. The second kappa shape index (κ2) is 6.30. The normalized spacial score (nSPS) is 25.0. The Kier molecular flexibility index (Phi) is 4.43. The first-order chi connectivity index (χ1) is 10.2. The zero-order chi connectivity index (χ0) is 14.7. The summed E-state index contributed by atoms with van der Waals surface area (Å²) in [4.78, 5) is 9.00. The van der Waals surface area contributed by atoms with Gasteiger partial charge in [-0.05, 0) is 39.0 Å². The van der Waals surface area contributed by atoms with Crippen molar-refractivity contribution in [1.82, 2.24) is 9.97 Å². The molecular formula is C17H27N3O. The van der Waals surface area contributed by atoms with Gasteiger partial charge in [-0.25, -0.2) is 9.97 Å². The maximum atomic E-state index is 6.17. The van der Waals surface area contributed by atoms with Crippen LogP contribution in [0.1, 0.15) is 63.4 Å². The van der Waals surface area contributed by atoms with Crippen LogP contribution in [0.2, 0.25) is 0 Å². The van der Waals surface area contributed by atoms with Crippen LogP contribution in [0.5, 0.6) is 0 Å². The third kappa shape index (κ3) is 3.54. The largest absolute Gasteiger partial charge is 0.375 e. The van der Waals surface area contributed by atoms with Crippen molar-refractivity contribution in [2.45, 2.75) is 76.9 Å². The summed E-state index contributed by atoms with van der Waals surface area (Å²) in [5.74, 6) is 1.84. The van der Waals surface area contributed by atoms with Crippen molar-refractivity contribution in [2.75, 3.05) is 11.9 Å². The molecule has 4 nitrogen and oxygen atoms in total. The molecule has 0 bridgehead atoms. The van der Waals surface area contributed by atoms with Crippen molar-refractivity contribution in [2.24, 2.45) is 0 Å². The Hall–Kier alpha value is -1.16. The summed E-state index contributed by atoms with van der Waals surface area (Å²) in [6.07, 6.45) is 9.62. The topological polar surface area (TPSA) is 47.0 Å². The highest BCUT2D eigenvalue weighted by Crippen LogP contribution is 2.39. The summed E-state index contributed by atoms with van der Waals surface area (Å²) < 4.78 is 6.17. The molecule has 2 heterocycles. The molecule has 21 heavy (non-hydrogen) atoms. The Bertz CT molecular complexity index is 477. The van der Waals surface area contributed by atoms with Gasteiger partial charge in [-0.2, -0.15) is 0 Å². The van der Waals surface area contributed by atoms with Crippen molar-refractivity contribution in [3.63, 3.8) is 0 Å². The molecule has 4 heteroatoms. The molecule has 1 unspecified atom stereocenters. The molecule has 1 saturated carbocycles. The van der Waals surface area contributed by atoms with E-state index >= 15 is 0 Å². The molecule has 0 radical (unpaired) electrons. The van der Waals surface area contributed by atoms with Gasteiger partial charge in [0.05, 0.1) is 5.60 Å². The molecule has 116 valence electrons. The first-order valence-electron chi connectivity index (χ1n) is 8.44. The van der Waals surface area contributed by atoms with Crippen molar-refractivity contribution in [3.8, 4) is 0 Å². The van der Waals surface area contributed by atoms with E-state index in [1.165, 1.54) is 32.1 Å². The van der Waals surface area contributed by atoms with E-state index in [9.17, 15) is 0 Å². The van der Waals surface area contributed by atoms with E-state index in [1.54, 1.807) is 0 Å². The number of nitrogens with zero attached hydrogens (tertiary/aromatic N) is 2. The fourth-order valence-electron chi connectivity index (χ4n) is 3.79.